The monoisotopic (exact) mass is 255 g/mol. The van der Waals surface area contributed by atoms with Crippen LogP contribution in [0.5, 0.6) is 0 Å². The minimum atomic E-state index is -0.226. The summed E-state index contributed by atoms with van der Waals surface area (Å²) in [6.45, 7) is 3.86. The molecule has 0 radical (unpaired) electrons. The van der Waals surface area contributed by atoms with Gasteiger partial charge in [-0.3, -0.25) is 0 Å². The molecule has 0 spiro atoms. The van der Waals surface area contributed by atoms with E-state index in [-0.39, 0.29) is 6.10 Å². The number of aromatic nitrogens is 1. The predicted molar refractivity (Wildman–Crippen MR) is 69.3 cm³/mol. The molecular weight excluding hydrogens is 234 g/mol. The van der Waals surface area contributed by atoms with Gasteiger partial charge in [0.05, 0.1) is 11.8 Å². The molecule has 96 valence electrons. The second kappa shape index (κ2) is 5.91. The van der Waals surface area contributed by atoms with E-state index in [2.05, 4.69) is 4.98 Å². The predicted octanol–water partition coefficient (Wildman–Crippen LogP) is 3.32. The van der Waals surface area contributed by atoms with Gasteiger partial charge in [0.15, 0.2) is 0 Å². The Morgan fingerprint density at radius 1 is 1.41 bits per heavy atom. The van der Waals surface area contributed by atoms with Crippen molar-refractivity contribution < 1.29 is 9.52 Å². The average molecular weight is 255 g/mol. The maximum absolute atomic E-state index is 9.96. The summed E-state index contributed by atoms with van der Waals surface area (Å²) in [4.78, 5) is 4.30. The van der Waals surface area contributed by atoms with Crippen molar-refractivity contribution in [1.29, 1.82) is 0 Å². The number of nitrogens with zero attached hydrogens (tertiary/aromatic N) is 1. The van der Waals surface area contributed by atoms with E-state index in [9.17, 15) is 5.11 Å². The molecule has 0 amide bonds. The number of thioether (sulfide) groups is 1. The van der Waals surface area contributed by atoms with Crippen LogP contribution in [0.4, 0.5) is 0 Å². The molecule has 0 aliphatic heterocycles. The molecule has 1 aliphatic rings. The first-order valence-corrected chi connectivity index (χ1v) is 7.38. The number of hydrogen-bond donors (Lipinski definition) is 1. The van der Waals surface area contributed by atoms with Gasteiger partial charge in [-0.1, -0.05) is 37.4 Å². The lowest BCUT2D eigenvalue weighted by molar-refractivity contribution is 0.165. The van der Waals surface area contributed by atoms with Gasteiger partial charge in [-0.2, -0.15) is 0 Å². The summed E-state index contributed by atoms with van der Waals surface area (Å²) in [6.07, 6.45) is 5.96. The smallest absolute Gasteiger partial charge is 0.256 e. The highest BCUT2D eigenvalue weighted by Crippen LogP contribution is 2.30. The molecule has 4 heteroatoms. The number of oxazole rings is 1. The van der Waals surface area contributed by atoms with Crippen molar-refractivity contribution in [3.63, 3.8) is 0 Å². The highest BCUT2D eigenvalue weighted by Gasteiger charge is 2.19. The molecule has 1 atom stereocenters. The highest BCUT2D eigenvalue weighted by atomic mass is 32.2. The van der Waals surface area contributed by atoms with E-state index in [1.165, 1.54) is 37.4 Å². The van der Waals surface area contributed by atoms with Crippen LogP contribution in [-0.4, -0.2) is 21.9 Å². The molecule has 2 rings (SSSR count). The van der Waals surface area contributed by atoms with Crippen molar-refractivity contribution in [2.24, 2.45) is 5.92 Å². The summed E-state index contributed by atoms with van der Waals surface area (Å²) < 4.78 is 5.48. The Labute approximate surface area is 107 Å². The van der Waals surface area contributed by atoms with Crippen LogP contribution in [0.1, 0.15) is 43.6 Å². The molecule has 0 bridgehead atoms. The third kappa shape index (κ3) is 3.75. The zero-order valence-corrected chi connectivity index (χ0v) is 11.4. The fourth-order valence-electron chi connectivity index (χ4n) is 2.37. The lowest BCUT2D eigenvalue weighted by Gasteiger charge is -2.13. The van der Waals surface area contributed by atoms with Crippen molar-refractivity contribution in [2.75, 3.05) is 5.75 Å². The largest absolute Gasteiger partial charge is 0.437 e. The molecule has 3 nitrogen and oxygen atoms in total. The zero-order valence-electron chi connectivity index (χ0n) is 10.6. The highest BCUT2D eigenvalue weighted by molar-refractivity contribution is 7.99. The molecule has 0 saturated heterocycles. The van der Waals surface area contributed by atoms with Crippen LogP contribution in [-0.2, 0) is 0 Å². The van der Waals surface area contributed by atoms with Gasteiger partial charge in [-0.15, -0.1) is 0 Å². The van der Waals surface area contributed by atoms with E-state index >= 15 is 0 Å². The second-order valence-electron chi connectivity index (χ2n) is 4.97. The third-order valence-electron chi connectivity index (χ3n) is 3.49. The van der Waals surface area contributed by atoms with E-state index in [0.29, 0.717) is 11.0 Å². The maximum atomic E-state index is 9.96. The van der Waals surface area contributed by atoms with E-state index < -0.39 is 0 Å². The van der Waals surface area contributed by atoms with Gasteiger partial charge in [-0.05, 0) is 26.2 Å². The fourth-order valence-corrected chi connectivity index (χ4v) is 3.23. The van der Waals surface area contributed by atoms with E-state index in [0.717, 1.165) is 23.8 Å². The first-order chi connectivity index (χ1) is 8.15. The minimum absolute atomic E-state index is 0.226. The van der Waals surface area contributed by atoms with E-state index in [1.807, 2.05) is 13.8 Å². The minimum Gasteiger partial charge on any atom is -0.437 e. The molecule has 0 aromatic carbocycles. The standard InChI is InChI=1S/C13H21NO2S/c1-9-10(2)16-13(14-9)17-8-12(15)7-11-5-3-4-6-11/h11-12,15H,3-8H2,1-2H3. The maximum Gasteiger partial charge on any atom is 0.256 e. The summed E-state index contributed by atoms with van der Waals surface area (Å²) in [5, 5.41) is 10.6. The summed E-state index contributed by atoms with van der Waals surface area (Å²) in [5.41, 5.74) is 0.942. The number of aliphatic hydroxyl groups excluding tert-OH is 1. The molecule has 1 unspecified atom stereocenters. The average Bonchev–Trinajstić information content (AvgIpc) is 2.87. The summed E-state index contributed by atoms with van der Waals surface area (Å²) in [6, 6.07) is 0. The summed E-state index contributed by atoms with van der Waals surface area (Å²) in [5.74, 6) is 2.30. The molecule has 1 saturated carbocycles. The van der Waals surface area contributed by atoms with Crippen molar-refractivity contribution >= 4 is 11.8 Å². The van der Waals surface area contributed by atoms with Crippen LogP contribution in [0.25, 0.3) is 0 Å². The quantitative estimate of drug-likeness (QED) is 0.820. The Hall–Kier alpha value is -0.480. The molecule has 1 aromatic heterocycles. The topological polar surface area (TPSA) is 46.3 Å². The number of aryl methyl sites for hydroxylation is 2. The van der Waals surface area contributed by atoms with Gasteiger partial charge in [0, 0.05) is 5.75 Å². The second-order valence-corrected chi connectivity index (χ2v) is 5.94. The first kappa shape index (κ1) is 13.0. The van der Waals surface area contributed by atoms with E-state index in [1.54, 1.807) is 0 Å². The fraction of sp³-hybridized carbons (Fsp3) is 0.769. The molecule has 1 aliphatic carbocycles. The number of rotatable bonds is 5. The molecule has 17 heavy (non-hydrogen) atoms. The molecule has 1 heterocycles. The Kier molecular flexibility index (Phi) is 4.51. The Balaban J connectivity index is 1.73. The zero-order chi connectivity index (χ0) is 12.3. The number of aliphatic hydroxyl groups is 1. The van der Waals surface area contributed by atoms with Crippen molar-refractivity contribution in [3.05, 3.63) is 11.5 Å². The summed E-state index contributed by atoms with van der Waals surface area (Å²) in [7, 11) is 0. The van der Waals surface area contributed by atoms with Crippen LogP contribution in [0, 0.1) is 19.8 Å². The number of hydrogen-bond acceptors (Lipinski definition) is 4. The van der Waals surface area contributed by atoms with Gasteiger partial charge in [0.25, 0.3) is 5.22 Å². The molecule has 1 aromatic rings. The molecular formula is C13H21NO2S. The SMILES string of the molecule is Cc1nc(SCC(O)CC2CCCC2)oc1C. The molecule has 1 N–H and O–H groups in total. The van der Waals surface area contributed by atoms with E-state index in [4.69, 9.17) is 4.42 Å². The van der Waals surface area contributed by atoms with Gasteiger partial charge in [0.2, 0.25) is 0 Å². The van der Waals surface area contributed by atoms with Gasteiger partial charge >= 0.3 is 0 Å². The summed E-state index contributed by atoms with van der Waals surface area (Å²) >= 11 is 1.52. The van der Waals surface area contributed by atoms with Crippen LogP contribution in [0.15, 0.2) is 9.64 Å². The molecule has 1 fully saturated rings. The third-order valence-corrected chi connectivity index (χ3v) is 4.46. The Morgan fingerprint density at radius 2 is 2.12 bits per heavy atom. The van der Waals surface area contributed by atoms with Gasteiger partial charge in [0.1, 0.15) is 5.76 Å². The van der Waals surface area contributed by atoms with Crippen LogP contribution in [0.3, 0.4) is 0 Å². The van der Waals surface area contributed by atoms with Crippen molar-refractivity contribution in [1.82, 2.24) is 4.98 Å². The van der Waals surface area contributed by atoms with Crippen molar-refractivity contribution in [3.8, 4) is 0 Å². The van der Waals surface area contributed by atoms with Crippen LogP contribution >= 0.6 is 11.8 Å². The van der Waals surface area contributed by atoms with Crippen LogP contribution in [0.2, 0.25) is 0 Å². The normalized spacial score (nSPS) is 18.8. The van der Waals surface area contributed by atoms with Gasteiger partial charge in [-0.25, -0.2) is 4.98 Å². The Morgan fingerprint density at radius 3 is 2.71 bits per heavy atom. The van der Waals surface area contributed by atoms with Crippen molar-refractivity contribution in [2.45, 2.75) is 57.3 Å². The lowest BCUT2D eigenvalue weighted by Crippen LogP contribution is -2.14. The Bertz CT molecular complexity index is 339. The first-order valence-electron chi connectivity index (χ1n) is 6.40. The van der Waals surface area contributed by atoms with Crippen LogP contribution < -0.4 is 0 Å². The van der Waals surface area contributed by atoms with Gasteiger partial charge < -0.3 is 9.52 Å². The lowest BCUT2D eigenvalue weighted by atomic mass is 10.0.